The van der Waals surface area contributed by atoms with E-state index in [2.05, 4.69) is 135 Å². The molecule has 0 spiro atoms. The molecule has 0 bridgehead atoms. The summed E-state index contributed by atoms with van der Waals surface area (Å²) < 4.78 is 0. The van der Waals surface area contributed by atoms with Gasteiger partial charge in [-0.25, -0.2) is 0 Å². The van der Waals surface area contributed by atoms with E-state index in [0.29, 0.717) is 0 Å². The van der Waals surface area contributed by atoms with Crippen molar-refractivity contribution in [3.63, 3.8) is 0 Å². The van der Waals surface area contributed by atoms with Crippen LogP contribution in [-0.4, -0.2) is 26.2 Å². The maximum atomic E-state index is 2.57. The number of rotatable bonds is 16. The van der Waals surface area contributed by atoms with Gasteiger partial charge in [0.2, 0.25) is 0 Å². The summed E-state index contributed by atoms with van der Waals surface area (Å²) in [4.78, 5) is 5.15. The van der Waals surface area contributed by atoms with Gasteiger partial charge in [0.1, 0.15) is 0 Å². The van der Waals surface area contributed by atoms with E-state index >= 15 is 0 Å². The zero-order valence-electron chi connectivity index (χ0n) is 27.6. The van der Waals surface area contributed by atoms with Gasteiger partial charge in [0.05, 0.1) is 0 Å². The van der Waals surface area contributed by atoms with Crippen LogP contribution in [0.15, 0.2) is 97.1 Å². The number of unbranched alkanes of at least 4 members (excludes halogenated alkanes) is 4. The number of anilines is 2. The van der Waals surface area contributed by atoms with Gasteiger partial charge in [0, 0.05) is 37.6 Å². The molecule has 44 heavy (non-hydrogen) atoms. The number of hydrogen-bond donors (Lipinski definition) is 0. The van der Waals surface area contributed by atoms with Crippen LogP contribution in [0.25, 0.3) is 43.8 Å². The lowest BCUT2D eigenvalue weighted by atomic mass is 9.86. The van der Waals surface area contributed by atoms with E-state index in [4.69, 9.17) is 0 Å². The molecule has 0 saturated carbocycles. The Bertz CT molecular complexity index is 1410. The van der Waals surface area contributed by atoms with Gasteiger partial charge in [-0.3, -0.25) is 0 Å². The highest BCUT2D eigenvalue weighted by atomic mass is 15.1. The minimum Gasteiger partial charge on any atom is -0.372 e. The Kier molecular flexibility index (Phi) is 11.4. The maximum absolute atomic E-state index is 2.57. The van der Waals surface area contributed by atoms with Crippen molar-refractivity contribution < 1.29 is 0 Å². The van der Waals surface area contributed by atoms with Crippen molar-refractivity contribution in [1.82, 2.24) is 0 Å². The molecular formula is C42H52N2. The summed E-state index contributed by atoms with van der Waals surface area (Å²) >= 11 is 0. The second kappa shape index (κ2) is 15.8. The van der Waals surface area contributed by atoms with Gasteiger partial charge in [-0.05, 0) is 93.7 Å². The van der Waals surface area contributed by atoms with Crippen LogP contribution >= 0.6 is 0 Å². The van der Waals surface area contributed by atoms with Crippen molar-refractivity contribution in [1.29, 1.82) is 0 Å². The predicted molar refractivity (Wildman–Crippen MR) is 196 cm³/mol. The molecule has 0 aliphatic rings. The van der Waals surface area contributed by atoms with Crippen LogP contribution in [0.4, 0.5) is 11.4 Å². The highest BCUT2D eigenvalue weighted by Crippen LogP contribution is 2.44. The van der Waals surface area contributed by atoms with Crippen molar-refractivity contribution in [3.8, 4) is 22.3 Å². The Labute approximate surface area is 266 Å². The fourth-order valence-corrected chi connectivity index (χ4v) is 6.56. The molecule has 5 aromatic rings. The molecule has 0 amide bonds. The molecule has 2 nitrogen and oxygen atoms in total. The van der Waals surface area contributed by atoms with E-state index in [1.807, 2.05) is 0 Å². The van der Waals surface area contributed by atoms with Crippen LogP contribution in [0, 0.1) is 0 Å². The summed E-state index contributed by atoms with van der Waals surface area (Å²) in [6, 6.07) is 36.8. The standard InChI is InChI=1S/C42H52N2/c1-5-9-29-43(30-10-6-2)35-25-21-33(22-26-35)41-37-17-13-15-19-39(37)42(40-20-16-14-18-38(40)41)34-23-27-36(28-24-34)44(31-11-7-3)32-12-8-4/h13-28H,5-12,29-32H2,1-4H3. The largest absolute Gasteiger partial charge is 0.372 e. The van der Waals surface area contributed by atoms with Gasteiger partial charge in [-0.2, -0.15) is 0 Å². The smallest absolute Gasteiger partial charge is 0.0366 e. The maximum Gasteiger partial charge on any atom is 0.0366 e. The van der Waals surface area contributed by atoms with Crippen LogP contribution < -0.4 is 9.80 Å². The van der Waals surface area contributed by atoms with E-state index in [-0.39, 0.29) is 0 Å². The quantitative estimate of drug-likeness (QED) is 0.106. The topological polar surface area (TPSA) is 6.48 Å². The normalized spacial score (nSPS) is 11.4. The van der Waals surface area contributed by atoms with Gasteiger partial charge in [0.15, 0.2) is 0 Å². The molecule has 0 unspecified atom stereocenters. The minimum atomic E-state index is 1.13. The molecule has 0 N–H and O–H groups in total. The van der Waals surface area contributed by atoms with Crippen molar-refractivity contribution in [2.24, 2.45) is 0 Å². The first-order valence-electron chi connectivity index (χ1n) is 17.3. The summed E-state index contributed by atoms with van der Waals surface area (Å²) in [7, 11) is 0. The Morgan fingerprint density at radius 3 is 0.886 bits per heavy atom. The molecule has 230 valence electrons. The second-order valence-corrected chi connectivity index (χ2v) is 12.3. The van der Waals surface area contributed by atoms with Crippen LogP contribution in [-0.2, 0) is 0 Å². The molecule has 0 radical (unpaired) electrons. The summed E-state index contributed by atoms with van der Waals surface area (Å²) in [5.74, 6) is 0. The van der Waals surface area contributed by atoms with E-state index in [0.717, 1.165) is 26.2 Å². The van der Waals surface area contributed by atoms with E-state index in [9.17, 15) is 0 Å². The van der Waals surface area contributed by atoms with Crippen molar-refractivity contribution in [2.45, 2.75) is 79.1 Å². The lowest BCUT2D eigenvalue weighted by Gasteiger charge is -2.25. The number of fused-ring (bicyclic) bond motifs is 2. The first-order valence-corrected chi connectivity index (χ1v) is 17.3. The Morgan fingerprint density at radius 2 is 0.636 bits per heavy atom. The predicted octanol–water partition coefficient (Wildman–Crippen LogP) is 12.1. The SMILES string of the molecule is CCCCN(CCCC)c1ccc(-c2c3ccccc3c(-c3ccc(N(CCCC)CCCC)cc3)c3ccccc23)cc1. The fourth-order valence-electron chi connectivity index (χ4n) is 6.56. The van der Waals surface area contributed by atoms with Gasteiger partial charge in [-0.1, -0.05) is 126 Å². The first kappa shape index (κ1) is 31.6. The Balaban J connectivity index is 1.58. The zero-order valence-corrected chi connectivity index (χ0v) is 27.6. The number of hydrogen-bond acceptors (Lipinski definition) is 2. The molecule has 0 aliphatic carbocycles. The third-order valence-electron chi connectivity index (χ3n) is 9.10. The molecule has 0 saturated heterocycles. The third kappa shape index (κ3) is 7.12. The lowest BCUT2D eigenvalue weighted by molar-refractivity contribution is 0.678. The average Bonchev–Trinajstić information content (AvgIpc) is 3.07. The molecule has 0 atom stereocenters. The molecule has 0 heterocycles. The van der Waals surface area contributed by atoms with E-state index in [1.165, 1.54) is 107 Å². The van der Waals surface area contributed by atoms with Crippen LogP contribution in [0.3, 0.4) is 0 Å². The number of benzene rings is 5. The van der Waals surface area contributed by atoms with Crippen LogP contribution in [0.5, 0.6) is 0 Å². The van der Waals surface area contributed by atoms with Gasteiger partial charge in [-0.15, -0.1) is 0 Å². The van der Waals surface area contributed by atoms with Crippen molar-refractivity contribution in [2.75, 3.05) is 36.0 Å². The van der Waals surface area contributed by atoms with Crippen LogP contribution in [0.2, 0.25) is 0 Å². The molecule has 5 rings (SSSR count). The van der Waals surface area contributed by atoms with E-state index in [1.54, 1.807) is 0 Å². The Morgan fingerprint density at radius 1 is 0.364 bits per heavy atom. The molecule has 0 fully saturated rings. The summed E-state index contributed by atoms with van der Waals surface area (Å²) in [5.41, 5.74) is 7.93. The number of nitrogens with zero attached hydrogens (tertiary/aromatic N) is 2. The first-order chi connectivity index (χ1) is 21.7. The van der Waals surface area contributed by atoms with Gasteiger partial charge >= 0.3 is 0 Å². The molecule has 2 heteroatoms. The van der Waals surface area contributed by atoms with Crippen LogP contribution in [0.1, 0.15) is 79.1 Å². The monoisotopic (exact) mass is 584 g/mol. The minimum absolute atomic E-state index is 1.13. The average molecular weight is 585 g/mol. The highest BCUT2D eigenvalue weighted by Gasteiger charge is 2.17. The lowest BCUT2D eigenvalue weighted by Crippen LogP contribution is -2.25. The third-order valence-corrected chi connectivity index (χ3v) is 9.10. The summed E-state index contributed by atoms with van der Waals surface area (Å²) in [6.45, 7) is 13.6. The van der Waals surface area contributed by atoms with Crippen molar-refractivity contribution >= 4 is 32.9 Å². The summed E-state index contributed by atoms with van der Waals surface area (Å²) in [6.07, 6.45) is 9.84. The Hall–Kier alpha value is -3.78. The molecule has 0 aromatic heterocycles. The van der Waals surface area contributed by atoms with Gasteiger partial charge < -0.3 is 9.80 Å². The highest BCUT2D eigenvalue weighted by molar-refractivity contribution is 6.21. The molecular weight excluding hydrogens is 532 g/mol. The second-order valence-electron chi connectivity index (χ2n) is 12.3. The zero-order chi connectivity index (χ0) is 30.7. The van der Waals surface area contributed by atoms with E-state index < -0.39 is 0 Å². The van der Waals surface area contributed by atoms with Gasteiger partial charge in [0.25, 0.3) is 0 Å². The molecule has 0 aliphatic heterocycles. The van der Waals surface area contributed by atoms with Crippen molar-refractivity contribution in [3.05, 3.63) is 97.1 Å². The fraction of sp³-hybridized carbons (Fsp3) is 0.381. The molecule has 5 aromatic carbocycles. The summed E-state index contributed by atoms with van der Waals surface area (Å²) in [5, 5.41) is 5.28.